The SMILES string of the molecule is Cc1ccc2oc(-c3ccco3)c(OCC(=O)Nc3ccc(Br)cc3)c(=O)c2c1. The van der Waals surface area contributed by atoms with Crippen molar-refractivity contribution in [1.82, 2.24) is 0 Å². The molecule has 1 N–H and O–H groups in total. The quantitative estimate of drug-likeness (QED) is 0.452. The van der Waals surface area contributed by atoms with Gasteiger partial charge in [0.05, 0.1) is 11.6 Å². The summed E-state index contributed by atoms with van der Waals surface area (Å²) in [5.41, 5.74) is 1.58. The van der Waals surface area contributed by atoms with E-state index in [9.17, 15) is 9.59 Å². The van der Waals surface area contributed by atoms with Gasteiger partial charge in [-0.25, -0.2) is 0 Å². The summed E-state index contributed by atoms with van der Waals surface area (Å²) in [7, 11) is 0. The lowest BCUT2D eigenvalue weighted by molar-refractivity contribution is -0.118. The average Bonchev–Trinajstić information content (AvgIpc) is 3.24. The summed E-state index contributed by atoms with van der Waals surface area (Å²) in [4.78, 5) is 25.3. The summed E-state index contributed by atoms with van der Waals surface area (Å²) in [5, 5.41) is 3.10. The maximum atomic E-state index is 13.0. The highest BCUT2D eigenvalue weighted by Crippen LogP contribution is 2.31. The Bertz CT molecular complexity index is 1230. The number of anilines is 1. The second-order valence-electron chi connectivity index (χ2n) is 6.41. The highest BCUT2D eigenvalue weighted by molar-refractivity contribution is 9.10. The topological polar surface area (TPSA) is 81.7 Å². The van der Waals surface area contributed by atoms with Gasteiger partial charge < -0.3 is 18.9 Å². The van der Waals surface area contributed by atoms with Gasteiger partial charge in [0, 0.05) is 10.2 Å². The molecule has 0 bridgehead atoms. The minimum Gasteiger partial charge on any atom is -0.476 e. The molecule has 0 aliphatic rings. The van der Waals surface area contributed by atoms with Gasteiger partial charge in [-0.15, -0.1) is 0 Å². The summed E-state index contributed by atoms with van der Waals surface area (Å²) in [5.74, 6) is 0.0196. The van der Waals surface area contributed by atoms with E-state index in [1.165, 1.54) is 6.26 Å². The van der Waals surface area contributed by atoms with Crippen molar-refractivity contribution < 1.29 is 18.4 Å². The van der Waals surface area contributed by atoms with Crippen LogP contribution in [0.1, 0.15) is 5.56 Å². The second-order valence-corrected chi connectivity index (χ2v) is 7.33. The van der Waals surface area contributed by atoms with E-state index in [0.717, 1.165) is 10.0 Å². The first-order valence-electron chi connectivity index (χ1n) is 8.81. The molecule has 7 heteroatoms. The summed E-state index contributed by atoms with van der Waals surface area (Å²) < 4.78 is 17.8. The van der Waals surface area contributed by atoms with Gasteiger partial charge >= 0.3 is 0 Å². The lowest BCUT2D eigenvalue weighted by Crippen LogP contribution is -2.22. The average molecular weight is 454 g/mol. The summed E-state index contributed by atoms with van der Waals surface area (Å²) >= 11 is 3.34. The van der Waals surface area contributed by atoms with E-state index >= 15 is 0 Å². The number of nitrogens with one attached hydrogen (secondary N) is 1. The molecule has 0 saturated heterocycles. The maximum absolute atomic E-state index is 13.0. The molecule has 29 heavy (non-hydrogen) atoms. The fraction of sp³-hybridized carbons (Fsp3) is 0.0909. The zero-order valence-electron chi connectivity index (χ0n) is 15.4. The fourth-order valence-corrected chi connectivity index (χ4v) is 3.13. The monoisotopic (exact) mass is 453 g/mol. The number of rotatable bonds is 5. The molecule has 0 radical (unpaired) electrons. The molecular formula is C22H16BrNO5. The molecule has 0 spiro atoms. The molecule has 0 aliphatic heterocycles. The number of carbonyl (C=O) groups excluding carboxylic acids is 1. The van der Waals surface area contributed by atoms with E-state index in [1.54, 1.807) is 36.4 Å². The van der Waals surface area contributed by atoms with E-state index in [4.69, 9.17) is 13.6 Å². The Morgan fingerprint density at radius 3 is 2.66 bits per heavy atom. The molecule has 2 aromatic carbocycles. The molecule has 2 heterocycles. The van der Waals surface area contributed by atoms with Crippen molar-refractivity contribution >= 4 is 38.5 Å². The highest BCUT2D eigenvalue weighted by Gasteiger charge is 2.20. The standard InChI is InChI=1S/C22H16BrNO5/c1-13-4-9-17-16(11-13)20(26)22(21(29-17)18-3-2-10-27-18)28-12-19(25)24-15-7-5-14(23)6-8-15/h2-11H,12H2,1H3,(H,24,25). The summed E-state index contributed by atoms with van der Waals surface area (Å²) in [6.45, 7) is 1.53. The van der Waals surface area contributed by atoms with Gasteiger partial charge in [-0.1, -0.05) is 27.6 Å². The van der Waals surface area contributed by atoms with E-state index in [0.29, 0.717) is 22.4 Å². The molecule has 0 atom stereocenters. The van der Waals surface area contributed by atoms with E-state index in [2.05, 4.69) is 21.2 Å². The lowest BCUT2D eigenvalue weighted by atomic mass is 10.1. The van der Waals surface area contributed by atoms with Crippen LogP contribution in [0.25, 0.3) is 22.5 Å². The van der Waals surface area contributed by atoms with Crippen LogP contribution in [0, 0.1) is 6.92 Å². The third kappa shape index (κ3) is 4.09. The Balaban J connectivity index is 1.65. The third-order valence-corrected chi connectivity index (χ3v) is 4.75. The van der Waals surface area contributed by atoms with E-state index < -0.39 is 5.91 Å². The Labute approximate surface area is 174 Å². The van der Waals surface area contributed by atoms with Gasteiger partial charge in [-0.05, 0) is 55.5 Å². The fourth-order valence-electron chi connectivity index (χ4n) is 2.86. The van der Waals surface area contributed by atoms with E-state index in [1.807, 2.05) is 25.1 Å². The van der Waals surface area contributed by atoms with Crippen LogP contribution in [0.4, 0.5) is 5.69 Å². The van der Waals surface area contributed by atoms with Crippen LogP contribution in [0.15, 0.2) is 79.0 Å². The van der Waals surface area contributed by atoms with Crippen LogP contribution < -0.4 is 15.5 Å². The largest absolute Gasteiger partial charge is 0.476 e. The Morgan fingerprint density at radius 2 is 1.93 bits per heavy atom. The lowest BCUT2D eigenvalue weighted by Gasteiger charge is -2.11. The van der Waals surface area contributed by atoms with Gasteiger partial charge in [0.15, 0.2) is 12.4 Å². The van der Waals surface area contributed by atoms with Crippen molar-refractivity contribution in [1.29, 1.82) is 0 Å². The normalized spacial score (nSPS) is 10.8. The third-order valence-electron chi connectivity index (χ3n) is 4.22. The highest BCUT2D eigenvalue weighted by atomic mass is 79.9. The van der Waals surface area contributed by atoms with Crippen molar-refractivity contribution in [3.05, 3.63) is 81.1 Å². The Hall–Kier alpha value is -3.32. The second kappa shape index (κ2) is 7.97. The molecule has 0 unspecified atom stereocenters. The van der Waals surface area contributed by atoms with E-state index in [-0.39, 0.29) is 23.5 Å². The van der Waals surface area contributed by atoms with Crippen LogP contribution in [0.3, 0.4) is 0 Å². The molecule has 0 saturated carbocycles. The van der Waals surface area contributed by atoms with Crippen molar-refractivity contribution in [3.8, 4) is 17.3 Å². The molecule has 146 valence electrons. The van der Waals surface area contributed by atoms with Crippen molar-refractivity contribution in [3.63, 3.8) is 0 Å². The number of benzene rings is 2. The summed E-state index contributed by atoms with van der Waals surface area (Å²) in [6.07, 6.45) is 1.47. The molecular weight excluding hydrogens is 438 g/mol. The van der Waals surface area contributed by atoms with Gasteiger partial charge in [0.1, 0.15) is 5.58 Å². The number of carbonyl (C=O) groups is 1. The minimum atomic E-state index is -0.401. The minimum absolute atomic E-state index is 0.0657. The van der Waals surface area contributed by atoms with Crippen molar-refractivity contribution in [2.24, 2.45) is 0 Å². The molecule has 6 nitrogen and oxygen atoms in total. The maximum Gasteiger partial charge on any atom is 0.262 e. The van der Waals surface area contributed by atoms with Gasteiger partial charge in [0.2, 0.25) is 16.9 Å². The van der Waals surface area contributed by atoms with Crippen LogP contribution in [0.5, 0.6) is 5.75 Å². The molecule has 2 aromatic heterocycles. The number of ether oxygens (including phenoxy) is 1. The number of fused-ring (bicyclic) bond motifs is 1. The number of halogens is 1. The predicted molar refractivity (Wildman–Crippen MR) is 113 cm³/mol. The van der Waals surface area contributed by atoms with Crippen LogP contribution in [0.2, 0.25) is 0 Å². The molecule has 4 aromatic rings. The zero-order valence-corrected chi connectivity index (χ0v) is 17.0. The smallest absolute Gasteiger partial charge is 0.262 e. The molecule has 0 fully saturated rings. The van der Waals surface area contributed by atoms with Crippen LogP contribution in [-0.2, 0) is 4.79 Å². The number of amides is 1. The number of hydrogen-bond acceptors (Lipinski definition) is 5. The zero-order chi connectivity index (χ0) is 20.4. The van der Waals surface area contributed by atoms with Gasteiger partial charge in [0.25, 0.3) is 5.91 Å². The van der Waals surface area contributed by atoms with Crippen LogP contribution >= 0.6 is 15.9 Å². The van der Waals surface area contributed by atoms with Gasteiger partial charge in [-0.3, -0.25) is 9.59 Å². The first kappa shape index (κ1) is 19.0. The Kier molecular flexibility index (Phi) is 5.22. The Morgan fingerprint density at radius 1 is 1.14 bits per heavy atom. The van der Waals surface area contributed by atoms with Gasteiger partial charge in [-0.2, -0.15) is 0 Å². The number of hydrogen-bond donors (Lipinski definition) is 1. The number of furan rings is 1. The first-order chi connectivity index (χ1) is 14.0. The van der Waals surface area contributed by atoms with Crippen molar-refractivity contribution in [2.75, 3.05) is 11.9 Å². The summed E-state index contributed by atoms with van der Waals surface area (Å²) in [6, 6.07) is 15.8. The molecule has 4 rings (SSSR count). The predicted octanol–water partition coefficient (Wildman–Crippen LogP) is 5.14. The van der Waals surface area contributed by atoms with Crippen LogP contribution in [-0.4, -0.2) is 12.5 Å². The first-order valence-corrected chi connectivity index (χ1v) is 9.60. The molecule has 0 aliphatic carbocycles. The number of aryl methyl sites for hydroxylation is 1. The van der Waals surface area contributed by atoms with Crippen molar-refractivity contribution in [2.45, 2.75) is 6.92 Å². The molecule has 1 amide bonds.